The monoisotopic (exact) mass is 388 g/mol. The van der Waals surface area contributed by atoms with Crippen LogP contribution in [0.25, 0.3) is 0 Å². The lowest BCUT2D eigenvalue weighted by Gasteiger charge is -2.24. The number of hydrogen-bond acceptors (Lipinski definition) is 5. The molecule has 0 saturated heterocycles. The molecule has 1 aromatic carbocycles. The molecule has 0 fully saturated rings. The van der Waals surface area contributed by atoms with E-state index in [0.717, 1.165) is 17.5 Å². The summed E-state index contributed by atoms with van der Waals surface area (Å²) in [6.07, 6.45) is -4.56. The Morgan fingerprint density at radius 1 is 1.38 bits per heavy atom. The van der Waals surface area contributed by atoms with Gasteiger partial charge in [0, 0.05) is 23.5 Å². The molecule has 11 heteroatoms. The second-order valence-corrected chi connectivity index (χ2v) is 12.4. The van der Waals surface area contributed by atoms with E-state index in [1.165, 1.54) is 0 Å². The average Bonchev–Trinajstić information content (AvgIpc) is 2.90. The van der Waals surface area contributed by atoms with Crippen LogP contribution in [0.2, 0.25) is 19.6 Å². The Bertz CT molecular complexity index is 789. The van der Waals surface area contributed by atoms with E-state index < -0.39 is 41.9 Å². The second kappa shape index (κ2) is 6.38. The van der Waals surface area contributed by atoms with E-state index in [4.69, 9.17) is 0 Å². The van der Waals surface area contributed by atoms with E-state index in [-0.39, 0.29) is 5.69 Å². The topological polar surface area (TPSA) is 96.6 Å². The molecule has 0 bridgehead atoms. The van der Waals surface area contributed by atoms with Crippen molar-refractivity contribution in [2.75, 3.05) is 5.32 Å². The molecule has 0 radical (unpaired) electrons. The van der Waals surface area contributed by atoms with E-state index in [2.05, 4.69) is 35.5 Å². The highest BCUT2D eigenvalue weighted by Gasteiger charge is 2.43. The van der Waals surface area contributed by atoms with Gasteiger partial charge in [0.2, 0.25) is 0 Å². The fourth-order valence-corrected chi connectivity index (χ4v) is 3.71. The summed E-state index contributed by atoms with van der Waals surface area (Å²) in [5.74, 6) is -0.559. The first-order valence-corrected chi connectivity index (χ1v) is 11.3. The molecule has 2 rings (SSSR count). The third-order valence-corrected chi connectivity index (χ3v) is 6.10. The van der Waals surface area contributed by atoms with Crippen molar-refractivity contribution < 1.29 is 22.9 Å². The van der Waals surface area contributed by atoms with Gasteiger partial charge in [-0.05, 0) is 19.1 Å². The molecule has 1 amide bonds. The maximum absolute atomic E-state index is 13.0. The van der Waals surface area contributed by atoms with Crippen LogP contribution < -0.4 is 10.7 Å². The lowest BCUT2D eigenvalue weighted by molar-refractivity contribution is -0.388. The van der Waals surface area contributed by atoms with E-state index in [9.17, 15) is 28.1 Å². The minimum absolute atomic E-state index is 0.169. The van der Waals surface area contributed by atoms with Crippen molar-refractivity contribution in [1.29, 1.82) is 0 Å². The number of nitro groups is 1. The molecular formula is C15H19F3N4O3Si. The summed E-state index contributed by atoms with van der Waals surface area (Å²) in [4.78, 5) is 22.2. The van der Waals surface area contributed by atoms with Crippen LogP contribution in [0.15, 0.2) is 23.3 Å². The zero-order valence-corrected chi connectivity index (χ0v) is 15.7. The molecule has 1 unspecified atom stereocenters. The van der Waals surface area contributed by atoms with Gasteiger partial charge in [-0.15, -0.1) is 0 Å². The fraction of sp³-hybridized carbons (Fsp3) is 0.467. The third kappa shape index (κ3) is 4.03. The molecule has 0 spiro atoms. The fourth-order valence-electron chi connectivity index (χ4n) is 2.44. The van der Waals surface area contributed by atoms with Gasteiger partial charge < -0.3 is 5.32 Å². The summed E-state index contributed by atoms with van der Waals surface area (Å²) in [6, 6.07) is 2.37. The number of halogens is 3. The number of carbonyl (C=O) groups excluding carboxylic acids is 1. The largest absolute Gasteiger partial charge is 0.423 e. The number of hydrazone groups is 1. The Labute approximate surface area is 148 Å². The maximum Gasteiger partial charge on any atom is 0.423 e. The van der Waals surface area contributed by atoms with Gasteiger partial charge >= 0.3 is 6.18 Å². The van der Waals surface area contributed by atoms with E-state index in [1.54, 1.807) is 6.92 Å². The highest BCUT2D eigenvalue weighted by molar-refractivity contribution is 7.04. The van der Waals surface area contributed by atoms with Crippen LogP contribution in [-0.4, -0.2) is 29.8 Å². The lowest BCUT2D eigenvalue weighted by atomic mass is 9.99. The summed E-state index contributed by atoms with van der Waals surface area (Å²) in [7, 11) is -1.72. The SMILES string of the molecule is CC1(C(=O)Nc2ccc([N+](=O)[O-])c(C(F)(F)F)c2)CC([Si](C)(C)C)=NN1. The zero-order chi connectivity index (χ0) is 19.9. The van der Waals surface area contributed by atoms with E-state index in [0.29, 0.717) is 12.5 Å². The van der Waals surface area contributed by atoms with E-state index >= 15 is 0 Å². The minimum Gasteiger partial charge on any atom is -0.324 e. The number of nitrogens with zero attached hydrogens (tertiary/aromatic N) is 2. The minimum atomic E-state index is -4.91. The number of benzene rings is 1. The Balaban J connectivity index is 2.24. The molecule has 1 aliphatic rings. The molecule has 1 aliphatic heterocycles. The number of rotatable bonds is 4. The van der Waals surface area contributed by atoms with Crippen LogP contribution >= 0.6 is 0 Å². The van der Waals surface area contributed by atoms with Crippen molar-refractivity contribution in [2.45, 2.75) is 44.7 Å². The molecule has 1 atom stereocenters. The summed E-state index contributed by atoms with van der Waals surface area (Å²) in [5, 5.41) is 18.3. The van der Waals surface area contributed by atoms with Gasteiger partial charge in [0.25, 0.3) is 11.6 Å². The predicted octanol–water partition coefficient (Wildman–Crippen LogP) is 3.54. The first-order valence-electron chi connectivity index (χ1n) is 7.75. The van der Waals surface area contributed by atoms with Gasteiger partial charge in [-0.25, -0.2) is 0 Å². The van der Waals surface area contributed by atoms with Gasteiger partial charge in [-0.1, -0.05) is 19.6 Å². The van der Waals surface area contributed by atoms with Crippen molar-refractivity contribution in [2.24, 2.45) is 5.10 Å². The summed E-state index contributed by atoms with van der Waals surface area (Å²) in [5.41, 5.74) is -0.970. The van der Waals surface area contributed by atoms with Gasteiger partial charge in [-0.2, -0.15) is 18.3 Å². The molecule has 0 saturated carbocycles. The summed E-state index contributed by atoms with van der Waals surface area (Å²) < 4.78 is 39.1. The number of amides is 1. The van der Waals surface area contributed by atoms with Crippen LogP contribution in [0.4, 0.5) is 24.5 Å². The molecule has 2 N–H and O–H groups in total. The quantitative estimate of drug-likeness (QED) is 0.468. The van der Waals surface area contributed by atoms with Gasteiger partial charge in [0.1, 0.15) is 11.1 Å². The lowest BCUT2D eigenvalue weighted by Crippen LogP contribution is -2.48. The molecule has 1 heterocycles. The van der Waals surface area contributed by atoms with Gasteiger partial charge in [0.15, 0.2) is 0 Å². The molecule has 7 nitrogen and oxygen atoms in total. The van der Waals surface area contributed by atoms with Crippen molar-refractivity contribution >= 4 is 30.7 Å². The smallest absolute Gasteiger partial charge is 0.324 e. The molecule has 0 aliphatic carbocycles. The first kappa shape index (κ1) is 19.9. The van der Waals surface area contributed by atoms with Crippen LogP contribution in [0.5, 0.6) is 0 Å². The molecule has 142 valence electrons. The normalized spacial score (nSPS) is 20.3. The zero-order valence-electron chi connectivity index (χ0n) is 14.7. The molecule has 26 heavy (non-hydrogen) atoms. The Morgan fingerprint density at radius 2 is 2.00 bits per heavy atom. The highest BCUT2D eigenvalue weighted by atomic mass is 28.3. The van der Waals surface area contributed by atoms with Crippen LogP contribution in [0, 0.1) is 10.1 Å². The number of anilines is 1. The Morgan fingerprint density at radius 3 is 2.46 bits per heavy atom. The average molecular weight is 388 g/mol. The van der Waals surface area contributed by atoms with Crippen molar-refractivity contribution in [3.8, 4) is 0 Å². The summed E-state index contributed by atoms with van der Waals surface area (Å²) in [6.45, 7) is 7.82. The molecule has 1 aromatic rings. The highest BCUT2D eigenvalue weighted by Crippen LogP contribution is 2.37. The van der Waals surface area contributed by atoms with Crippen LogP contribution in [-0.2, 0) is 11.0 Å². The van der Waals surface area contributed by atoms with E-state index in [1.807, 2.05) is 0 Å². The molecule has 0 aromatic heterocycles. The standard InChI is InChI=1S/C15H19F3N4O3Si/c1-14(8-12(20-21-14)26(2,3)4)13(23)19-9-5-6-11(22(24)25)10(7-9)15(16,17)18/h5-7,21H,8H2,1-4H3,(H,19,23). The Kier molecular flexibility index (Phi) is 4.88. The van der Waals surface area contributed by atoms with Crippen LogP contribution in [0.3, 0.4) is 0 Å². The third-order valence-electron chi connectivity index (χ3n) is 4.08. The van der Waals surface area contributed by atoms with Crippen molar-refractivity contribution in [3.63, 3.8) is 0 Å². The second-order valence-electron chi connectivity index (χ2n) is 7.37. The van der Waals surface area contributed by atoms with Crippen molar-refractivity contribution in [1.82, 2.24) is 5.43 Å². The number of alkyl halides is 3. The Hall–Kier alpha value is -2.43. The summed E-state index contributed by atoms with van der Waals surface area (Å²) >= 11 is 0. The number of hydrogen-bond donors (Lipinski definition) is 2. The van der Waals surface area contributed by atoms with Gasteiger partial charge in [-0.3, -0.25) is 20.3 Å². The first-order chi connectivity index (χ1) is 11.7. The van der Waals surface area contributed by atoms with Crippen LogP contribution in [0.1, 0.15) is 18.9 Å². The number of nitrogens with one attached hydrogen (secondary N) is 2. The van der Waals surface area contributed by atoms with Crippen molar-refractivity contribution in [3.05, 3.63) is 33.9 Å². The number of nitro benzene ring substituents is 1. The van der Waals surface area contributed by atoms with Gasteiger partial charge in [0.05, 0.1) is 13.0 Å². The number of carbonyl (C=O) groups is 1. The maximum atomic E-state index is 13.0. The molecular weight excluding hydrogens is 369 g/mol. The predicted molar refractivity (Wildman–Crippen MR) is 93.7 cm³/mol.